The lowest BCUT2D eigenvalue weighted by atomic mass is 9.87. The number of ether oxygens (including phenoxy) is 1. The average Bonchev–Trinajstić information content (AvgIpc) is 3.17. The fraction of sp³-hybridized carbons (Fsp3) is 0.526. The number of aromatic nitrogens is 1. The summed E-state index contributed by atoms with van der Waals surface area (Å²) in [6.07, 6.45) is 0.486. The summed E-state index contributed by atoms with van der Waals surface area (Å²) in [4.78, 5) is 25.7. The number of carbonyl (C=O) groups is 2. The monoisotopic (exact) mass is 438 g/mol. The lowest BCUT2D eigenvalue weighted by Gasteiger charge is -2.25. The molecule has 1 aliphatic rings. The van der Waals surface area contributed by atoms with E-state index in [2.05, 4.69) is 21.1 Å². The number of carboxylic acids is 1. The highest BCUT2D eigenvalue weighted by Crippen LogP contribution is 2.31. The molecule has 0 aliphatic carbocycles. The zero-order valence-electron chi connectivity index (χ0n) is 15.6. The first-order valence-electron chi connectivity index (χ1n) is 8.88. The first-order valence-corrected chi connectivity index (χ1v) is 9.68. The van der Waals surface area contributed by atoms with Gasteiger partial charge in [0, 0.05) is 29.4 Å². The minimum atomic E-state index is -0.890. The van der Waals surface area contributed by atoms with Gasteiger partial charge in [-0.3, -0.25) is 4.79 Å². The van der Waals surface area contributed by atoms with Crippen LogP contribution in [0.5, 0.6) is 0 Å². The number of halogens is 1. The number of fused-ring (bicyclic) bond motifs is 1. The van der Waals surface area contributed by atoms with Crippen molar-refractivity contribution < 1.29 is 24.0 Å². The van der Waals surface area contributed by atoms with E-state index in [9.17, 15) is 14.7 Å². The fourth-order valence-corrected chi connectivity index (χ4v) is 3.72. The van der Waals surface area contributed by atoms with Crippen LogP contribution in [0.25, 0.3) is 11.0 Å². The molecule has 0 spiro atoms. The van der Waals surface area contributed by atoms with E-state index in [0.29, 0.717) is 30.8 Å². The van der Waals surface area contributed by atoms with Crippen LogP contribution in [0.2, 0.25) is 0 Å². The van der Waals surface area contributed by atoms with E-state index in [1.807, 2.05) is 32.9 Å². The summed E-state index contributed by atoms with van der Waals surface area (Å²) >= 11 is 3.38. The number of likely N-dealkylation sites (tertiary alicyclic amines) is 1. The molecule has 2 heterocycles. The second-order valence-corrected chi connectivity index (χ2v) is 8.81. The summed E-state index contributed by atoms with van der Waals surface area (Å²) < 4.78 is 11.6. The minimum Gasteiger partial charge on any atom is -0.481 e. The second kappa shape index (κ2) is 7.50. The summed E-state index contributed by atoms with van der Waals surface area (Å²) in [6.45, 7) is 6.30. The first-order chi connectivity index (χ1) is 12.6. The fourth-order valence-electron chi connectivity index (χ4n) is 3.38. The van der Waals surface area contributed by atoms with Gasteiger partial charge in [0.1, 0.15) is 5.60 Å². The number of amides is 1. The van der Waals surface area contributed by atoms with E-state index >= 15 is 0 Å². The Morgan fingerprint density at radius 3 is 2.85 bits per heavy atom. The van der Waals surface area contributed by atoms with E-state index in [1.165, 1.54) is 0 Å². The number of hydrogen-bond donors (Lipinski definition) is 1. The van der Waals surface area contributed by atoms with Crippen molar-refractivity contribution in [3.8, 4) is 0 Å². The van der Waals surface area contributed by atoms with Crippen molar-refractivity contribution in [1.82, 2.24) is 10.1 Å². The maximum atomic E-state index is 12.2. The van der Waals surface area contributed by atoms with Crippen LogP contribution >= 0.6 is 15.9 Å². The quantitative estimate of drug-likeness (QED) is 0.772. The second-order valence-electron chi connectivity index (χ2n) is 7.89. The predicted octanol–water partition coefficient (Wildman–Crippen LogP) is 4.09. The molecule has 1 amide bonds. The molecule has 146 valence electrons. The molecule has 1 N–H and O–H groups in total. The molecular formula is C19H23BrN2O5. The third-order valence-corrected chi connectivity index (χ3v) is 5.18. The van der Waals surface area contributed by atoms with Crippen molar-refractivity contribution in [3.63, 3.8) is 0 Å². The van der Waals surface area contributed by atoms with Crippen LogP contribution in [0.1, 0.15) is 32.9 Å². The first kappa shape index (κ1) is 19.7. The highest BCUT2D eigenvalue weighted by atomic mass is 79.9. The smallest absolute Gasteiger partial charge is 0.410 e. The molecule has 7 nitrogen and oxygen atoms in total. The predicted molar refractivity (Wildman–Crippen MR) is 102 cm³/mol. The number of benzene rings is 1. The Hall–Kier alpha value is -2.09. The van der Waals surface area contributed by atoms with Crippen molar-refractivity contribution in [2.75, 3.05) is 13.1 Å². The summed E-state index contributed by atoms with van der Waals surface area (Å²) in [5, 5.41) is 14.6. The molecule has 8 heteroatoms. The summed E-state index contributed by atoms with van der Waals surface area (Å²) in [5.41, 5.74) is 0.667. The van der Waals surface area contributed by atoms with E-state index < -0.39 is 23.6 Å². The molecular weight excluding hydrogens is 416 g/mol. The van der Waals surface area contributed by atoms with Gasteiger partial charge in [-0.25, -0.2) is 4.79 Å². The zero-order valence-corrected chi connectivity index (χ0v) is 17.2. The Balaban J connectivity index is 1.73. The van der Waals surface area contributed by atoms with E-state index in [4.69, 9.17) is 9.26 Å². The highest BCUT2D eigenvalue weighted by Gasteiger charge is 2.37. The van der Waals surface area contributed by atoms with E-state index in [1.54, 1.807) is 11.0 Å². The molecule has 2 atom stereocenters. The molecule has 2 aromatic rings. The number of carbonyl (C=O) groups excluding carboxylic acids is 1. The Kier molecular flexibility index (Phi) is 5.46. The van der Waals surface area contributed by atoms with Crippen molar-refractivity contribution in [2.45, 2.75) is 39.2 Å². The third-order valence-electron chi connectivity index (χ3n) is 4.68. The van der Waals surface area contributed by atoms with Gasteiger partial charge in [0.25, 0.3) is 0 Å². The summed E-state index contributed by atoms with van der Waals surface area (Å²) in [5.74, 6) is -1.69. The van der Waals surface area contributed by atoms with Gasteiger partial charge in [-0.05, 0) is 51.3 Å². The van der Waals surface area contributed by atoms with Gasteiger partial charge < -0.3 is 19.3 Å². The van der Waals surface area contributed by atoms with Gasteiger partial charge in [-0.1, -0.05) is 21.1 Å². The maximum Gasteiger partial charge on any atom is 0.410 e. The molecule has 1 aliphatic heterocycles. The molecule has 3 rings (SSSR count). The SMILES string of the molecule is CC(C)(C)OC(=O)N1CC[C@H]([C@H](Cc2noc3cc(Br)ccc23)C(=O)O)C1. The maximum absolute atomic E-state index is 12.2. The van der Waals surface area contributed by atoms with Crippen LogP contribution in [0.15, 0.2) is 27.2 Å². The van der Waals surface area contributed by atoms with Crippen molar-refractivity contribution in [3.05, 3.63) is 28.4 Å². The molecule has 1 aromatic carbocycles. The zero-order chi connectivity index (χ0) is 19.8. The third kappa shape index (κ3) is 4.61. The molecule has 27 heavy (non-hydrogen) atoms. The molecule has 0 saturated carbocycles. The molecule has 0 bridgehead atoms. The van der Waals surface area contributed by atoms with Gasteiger partial charge in [0.2, 0.25) is 0 Å². The Bertz CT molecular complexity index is 857. The number of aliphatic carboxylic acids is 1. The lowest BCUT2D eigenvalue weighted by Crippen LogP contribution is -2.36. The lowest BCUT2D eigenvalue weighted by molar-refractivity contribution is -0.143. The minimum absolute atomic E-state index is 0.155. The van der Waals surface area contributed by atoms with Gasteiger partial charge >= 0.3 is 12.1 Å². The van der Waals surface area contributed by atoms with Gasteiger partial charge in [-0.2, -0.15) is 0 Å². The molecule has 0 unspecified atom stereocenters. The van der Waals surface area contributed by atoms with Crippen LogP contribution < -0.4 is 0 Å². The molecule has 0 radical (unpaired) electrons. The van der Waals surface area contributed by atoms with Crippen LogP contribution in [0.3, 0.4) is 0 Å². The van der Waals surface area contributed by atoms with E-state index in [0.717, 1.165) is 9.86 Å². The number of nitrogens with zero attached hydrogens (tertiary/aromatic N) is 2. The Morgan fingerprint density at radius 1 is 1.44 bits per heavy atom. The normalized spacial score (nSPS) is 18.7. The number of rotatable bonds is 4. The number of carboxylic acid groups (broad SMARTS) is 1. The summed E-state index contributed by atoms with van der Waals surface area (Å²) in [7, 11) is 0. The number of hydrogen-bond acceptors (Lipinski definition) is 5. The van der Waals surface area contributed by atoms with Gasteiger partial charge in [-0.15, -0.1) is 0 Å². The van der Waals surface area contributed by atoms with Gasteiger partial charge in [0.05, 0.1) is 11.6 Å². The summed E-state index contributed by atoms with van der Waals surface area (Å²) in [6, 6.07) is 5.55. The van der Waals surface area contributed by atoms with Crippen LogP contribution in [0.4, 0.5) is 4.79 Å². The van der Waals surface area contributed by atoms with E-state index in [-0.39, 0.29) is 12.3 Å². The van der Waals surface area contributed by atoms with Crippen LogP contribution in [-0.2, 0) is 16.0 Å². The Morgan fingerprint density at radius 2 is 2.19 bits per heavy atom. The van der Waals surface area contributed by atoms with Crippen molar-refractivity contribution in [1.29, 1.82) is 0 Å². The van der Waals surface area contributed by atoms with Gasteiger partial charge in [0.15, 0.2) is 5.58 Å². The standard InChI is InChI=1S/C19H23BrN2O5/c1-19(2,3)26-18(25)22-7-6-11(10-22)14(17(23)24)9-15-13-5-4-12(20)8-16(13)27-21-15/h4-5,8,11,14H,6-7,9-10H2,1-3H3,(H,23,24)/t11-,14-/m0/s1. The van der Waals surface area contributed by atoms with Crippen molar-refractivity contribution in [2.24, 2.45) is 11.8 Å². The topological polar surface area (TPSA) is 92.9 Å². The van der Waals surface area contributed by atoms with Crippen LogP contribution in [0, 0.1) is 11.8 Å². The average molecular weight is 439 g/mol. The molecule has 1 saturated heterocycles. The molecule has 1 aromatic heterocycles. The molecule has 1 fully saturated rings. The Labute approximate surface area is 165 Å². The van der Waals surface area contributed by atoms with Crippen molar-refractivity contribution >= 4 is 39.0 Å². The van der Waals surface area contributed by atoms with Crippen LogP contribution in [-0.4, -0.2) is 45.9 Å². The highest BCUT2D eigenvalue weighted by molar-refractivity contribution is 9.10. The largest absolute Gasteiger partial charge is 0.481 e.